The van der Waals surface area contributed by atoms with E-state index in [0.29, 0.717) is 18.7 Å². The third-order valence-electron chi connectivity index (χ3n) is 1.95. The molecule has 0 radical (unpaired) electrons. The quantitative estimate of drug-likeness (QED) is 0.603. The van der Waals surface area contributed by atoms with Crippen molar-refractivity contribution in [1.82, 2.24) is 9.71 Å². The third-order valence-corrected chi connectivity index (χ3v) is 3.03. The van der Waals surface area contributed by atoms with Gasteiger partial charge in [-0.1, -0.05) is 6.92 Å². The van der Waals surface area contributed by atoms with Crippen molar-refractivity contribution in [3.05, 3.63) is 17.5 Å². The van der Waals surface area contributed by atoms with Crippen LogP contribution in [0.25, 0.3) is 0 Å². The maximum atomic E-state index is 11.5. The molecule has 0 atom stereocenters. The van der Waals surface area contributed by atoms with Crippen LogP contribution in [0.3, 0.4) is 0 Å². The molecular weight excluding hydrogens is 246 g/mol. The van der Waals surface area contributed by atoms with Crippen LogP contribution < -0.4 is 9.44 Å². The highest BCUT2D eigenvalue weighted by molar-refractivity contribution is 7.90. The van der Waals surface area contributed by atoms with Crippen molar-refractivity contribution in [1.29, 1.82) is 0 Å². The van der Waals surface area contributed by atoms with E-state index >= 15 is 0 Å². The van der Waals surface area contributed by atoms with Gasteiger partial charge in [0.25, 0.3) is 10.2 Å². The van der Waals surface area contributed by atoms with E-state index in [2.05, 4.69) is 14.4 Å². The molecule has 0 bridgehead atoms. The Hall–Kier alpha value is -1.54. The first-order valence-corrected chi connectivity index (χ1v) is 6.54. The summed E-state index contributed by atoms with van der Waals surface area (Å²) in [7, 11) is -3.72. The first-order valence-electron chi connectivity index (χ1n) is 5.06. The number of carboxylic acids is 1. The molecule has 0 saturated carbocycles. The van der Waals surface area contributed by atoms with E-state index in [1.54, 1.807) is 6.92 Å². The Morgan fingerprint density at radius 1 is 1.53 bits per heavy atom. The van der Waals surface area contributed by atoms with Gasteiger partial charge in [0.2, 0.25) is 0 Å². The lowest BCUT2D eigenvalue weighted by atomic mass is 10.4. The zero-order chi connectivity index (χ0) is 13.1. The Labute approximate surface area is 99.4 Å². The SMILES string of the molecule is CCCNS(=O)(=O)Nc1cc(C)[nH]c1C(=O)O. The van der Waals surface area contributed by atoms with Crippen LogP contribution in [-0.2, 0) is 10.2 Å². The molecule has 17 heavy (non-hydrogen) atoms. The average Bonchev–Trinajstić information content (AvgIpc) is 2.56. The first kappa shape index (κ1) is 13.5. The molecule has 1 aromatic rings. The van der Waals surface area contributed by atoms with Crippen LogP contribution in [0.2, 0.25) is 0 Å². The number of aromatic nitrogens is 1. The molecule has 0 aliphatic rings. The van der Waals surface area contributed by atoms with Gasteiger partial charge in [-0.05, 0) is 19.4 Å². The number of anilines is 1. The fourth-order valence-corrected chi connectivity index (χ4v) is 2.25. The molecule has 0 saturated heterocycles. The van der Waals surface area contributed by atoms with Crippen LogP contribution in [0.15, 0.2) is 6.07 Å². The van der Waals surface area contributed by atoms with E-state index in [0.717, 1.165) is 0 Å². The van der Waals surface area contributed by atoms with Gasteiger partial charge >= 0.3 is 5.97 Å². The number of carbonyl (C=O) groups is 1. The zero-order valence-electron chi connectivity index (χ0n) is 9.57. The summed E-state index contributed by atoms with van der Waals surface area (Å²) in [4.78, 5) is 13.4. The second-order valence-corrected chi connectivity index (χ2v) is 5.05. The van der Waals surface area contributed by atoms with Gasteiger partial charge in [-0.15, -0.1) is 0 Å². The van der Waals surface area contributed by atoms with Gasteiger partial charge in [-0.3, -0.25) is 4.72 Å². The van der Waals surface area contributed by atoms with Gasteiger partial charge in [0.1, 0.15) is 5.69 Å². The molecule has 0 aromatic carbocycles. The Kier molecular flexibility index (Phi) is 4.13. The van der Waals surface area contributed by atoms with E-state index in [1.165, 1.54) is 6.07 Å². The normalized spacial score (nSPS) is 11.4. The van der Waals surface area contributed by atoms with Gasteiger partial charge in [0.05, 0.1) is 5.69 Å². The molecule has 0 amide bonds. The molecule has 4 N–H and O–H groups in total. The van der Waals surface area contributed by atoms with Crippen LogP contribution in [0.1, 0.15) is 29.5 Å². The molecule has 1 heterocycles. The van der Waals surface area contributed by atoms with Gasteiger partial charge in [0, 0.05) is 12.2 Å². The Bertz CT molecular complexity index is 506. The summed E-state index contributed by atoms with van der Waals surface area (Å²) in [5, 5.41) is 8.87. The van der Waals surface area contributed by atoms with Crippen molar-refractivity contribution in [2.24, 2.45) is 0 Å². The average molecular weight is 261 g/mol. The molecule has 0 aliphatic carbocycles. The van der Waals surface area contributed by atoms with Crippen LogP contribution in [-0.4, -0.2) is 31.0 Å². The maximum Gasteiger partial charge on any atom is 0.354 e. The van der Waals surface area contributed by atoms with Crippen LogP contribution in [0.5, 0.6) is 0 Å². The fourth-order valence-electron chi connectivity index (χ4n) is 1.26. The lowest BCUT2D eigenvalue weighted by molar-refractivity contribution is 0.0692. The topological polar surface area (TPSA) is 111 Å². The summed E-state index contributed by atoms with van der Waals surface area (Å²) in [6.45, 7) is 3.76. The van der Waals surface area contributed by atoms with Crippen LogP contribution in [0.4, 0.5) is 5.69 Å². The minimum absolute atomic E-state index is 0.0265. The molecule has 0 unspecified atom stereocenters. The van der Waals surface area contributed by atoms with E-state index in [1.807, 2.05) is 6.92 Å². The number of aryl methyl sites for hydroxylation is 1. The smallest absolute Gasteiger partial charge is 0.354 e. The maximum absolute atomic E-state index is 11.5. The van der Waals surface area contributed by atoms with E-state index in [9.17, 15) is 13.2 Å². The van der Waals surface area contributed by atoms with Crippen LogP contribution >= 0.6 is 0 Å². The predicted molar refractivity (Wildman–Crippen MR) is 63.3 cm³/mol. The number of hydrogen-bond acceptors (Lipinski definition) is 3. The Balaban J connectivity index is 2.91. The van der Waals surface area contributed by atoms with E-state index in [4.69, 9.17) is 5.11 Å². The standard InChI is InChI=1S/C9H15N3O4S/c1-3-4-10-17(15,16)12-7-5-6(2)11-8(7)9(13)14/h5,10-12H,3-4H2,1-2H3,(H,13,14). The van der Waals surface area contributed by atoms with Gasteiger partial charge in [0.15, 0.2) is 0 Å². The van der Waals surface area contributed by atoms with E-state index < -0.39 is 16.2 Å². The molecule has 0 fully saturated rings. The minimum atomic E-state index is -3.72. The van der Waals surface area contributed by atoms with Crippen molar-refractivity contribution in [2.75, 3.05) is 11.3 Å². The number of H-pyrrole nitrogens is 1. The first-order chi connectivity index (χ1) is 7.85. The molecule has 96 valence electrons. The number of carboxylic acid groups (broad SMARTS) is 1. The summed E-state index contributed by atoms with van der Waals surface area (Å²) in [6.07, 6.45) is 0.652. The summed E-state index contributed by atoms with van der Waals surface area (Å²) in [6, 6.07) is 1.43. The monoisotopic (exact) mass is 261 g/mol. The molecule has 0 aliphatic heterocycles. The van der Waals surface area contributed by atoms with Gasteiger partial charge < -0.3 is 10.1 Å². The molecule has 8 heteroatoms. The highest BCUT2D eigenvalue weighted by Gasteiger charge is 2.17. The zero-order valence-corrected chi connectivity index (χ0v) is 10.4. The van der Waals surface area contributed by atoms with Crippen molar-refractivity contribution in [2.45, 2.75) is 20.3 Å². The second kappa shape index (κ2) is 5.19. The number of rotatable bonds is 6. The van der Waals surface area contributed by atoms with Gasteiger partial charge in [-0.25, -0.2) is 4.79 Å². The Morgan fingerprint density at radius 2 is 2.18 bits per heavy atom. The third kappa shape index (κ3) is 3.75. The number of hydrogen-bond donors (Lipinski definition) is 4. The van der Waals surface area contributed by atoms with Crippen molar-refractivity contribution < 1.29 is 18.3 Å². The molecule has 1 rings (SSSR count). The van der Waals surface area contributed by atoms with Crippen molar-refractivity contribution in [3.8, 4) is 0 Å². The van der Waals surface area contributed by atoms with E-state index in [-0.39, 0.29) is 11.4 Å². The lowest BCUT2D eigenvalue weighted by Gasteiger charge is -2.07. The summed E-state index contributed by atoms with van der Waals surface area (Å²) in [5.74, 6) is -1.22. The molecular formula is C9H15N3O4S. The van der Waals surface area contributed by atoms with Crippen molar-refractivity contribution in [3.63, 3.8) is 0 Å². The Morgan fingerprint density at radius 3 is 2.71 bits per heavy atom. The number of aromatic carboxylic acids is 1. The number of nitrogens with one attached hydrogen (secondary N) is 3. The molecule has 1 aromatic heterocycles. The molecule has 7 nitrogen and oxygen atoms in total. The predicted octanol–water partition coefficient (Wildman–Crippen LogP) is 0.678. The highest BCUT2D eigenvalue weighted by Crippen LogP contribution is 2.17. The largest absolute Gasteiger partial charge is 0.477 e. The summed E-state index contributed by atoms with van der Waals surface area (Å²) >= 11 is 0. The van der Waals surface area contributed by atoms with Crippen LogP contribution in [0, 0.1) is 6.92 Å². The minimum Gasteiger partial charge on any atom is -0.477 e. The fraction of sp³-hybridized carbons (Fsp3) is 0.444. The highest BCUT2D eigenvalue weighted by atomic mass is 32.2. The van der Waals surface area contributed by atoms with Gasteiger partial charge in [-0.2, -0.15) is 13.1 Å². The number of aromatic amines is 1. The second-order valence-electron chi connectivity index (χ2n) is 3.55. The molecule has 0 spiro atoms. The van der Waals surface area contributed by atoms with Crippen molar-refractivity contribution >= 4 is 21.9 Å². The summed E-state index contributed by atoms with van der Waals surface area (Å²) in [5.41, 5.74) is 0.415. The summed E-state index contributed by atoms with van der Waals surface area (Å²) < 4.78 is 27.5. The lowest BCUT2D eigenvalue weighted by Crippen LogP contribution is -2.31.